The van der Waals surface area contributed by atoms with Crippen molar-refractivity contribution in [3.8, 4) is 0 Å². The Labute approximate surface area is 144 Å². The number of carbonyl (C=O) groups is 1. The monoisotopic (exact) mass is 332 g/mol. The lowest BCUT2D eigenvalue weighted by atomic mass is 9.94. The van der Waals surface area contributed by atoms with E-state index in [9.17, 15) is 4.79 Å². The topological polar surface area (TPSA) is 55.1 Å². The highest BCUT2D eigenvalue weighted by atomic mass is 35.5. The van der Waals surface area contributed by atoms with Crippen molar-refractivity contribution in [3.63, 3.8) is 0 Å². The van der Waals surface area contributed by atoms with Crippen molar-refractivity contribution >= 4 is 24.0 Å². The van der Waals surface area contributed by atoms with Gasteiger partial charge < -0.3 is 11.1 Å². The molecule has 2 rings (SSSR count). The van der Waals surface area contributed by atoms with Gasteiger partial charge >= 0.3 is 0 Å². The van der Waals surface area contributed by atoms with Gasteiger partial charge in [-0.2, -0.15) is 0 Å². The zero-order valence-electron chi connectivity index (χ0n) is 13.8. The average Bonchev–Trinajstić information content (AvgIpc) is 2.54. The highest BCUT2D eigenvalue weighted by molar-refractivity contribution is 5.92. The molecule has 3 nitrogen and oxygen atoms in total. The van der Waals surface area contributed by atoms with Crippen LogP contribution < -0.4 is 11.1 Å². The molecule has 0 fully saturated rings. The van der Waals surface area contributed by atoms with Gasteiger partial charge in [-0.05, 0) is 29.2 Å². The van der Waals surface area contributed by atoms with Gasteiger partial charge in [-0.3, -0.25) is 4.79 Å². The predicted molar refractivity (Wildman–Crippen MR) is 98.9 cm³/mol. The molecule has 0 heterocycles. The first-order chi connectivity index (χ1) is 10.5. The quantitative estimate of drug-likeness (QED) is 0.846. The van der Waals surface area contributed by atoms with Crippen molar-refractivity contribution in [1.82, 2.24) is 0 Å². The summed E-state index contributed by atoms with van der Waals surface area (Å²) in [6.45, 7) is 6.15. The Morgan fingerprint density at radius 3 is 2.00 bits per heavy atom. The van der Waals surface area contributed by atoms with E-state index in [0.717, 1.165) is 11.3 Å². The summed E-state index contributed by atoms with van der Waals surface area (Å²) >= 11 is 0. The highest BCUT2D eigenvalue weighted by Crippen LogP contribution is 2.22. The van der Waals surface area contributed by atoms with Crippen LogP contribution in [0.5, 0.6) is 0 Å². The second-order valence-electron chi connectivity index (χ2n) is 5.99. The van der Waals surface area contributed by atoms with E-state index in [0.29, 0.717) is 5.92 Å². The zero-order chi connectivity index (χ0) is 16.1. The van der Waals surface area contributed by atoms with Crippen LogP contribution in [0.3, 0.4) is 0 Å². The van der Waals surface area contributed by atoms with Gasteiger partial charge in [0.25, 0.3) is 0 Å². The van der Waals surface area contributed by atoms with Gasteiger partial charge in [-0.25, -0.2) is 0 Å². The highest BCUT2D eigenvalue weighted by Gasteiger charge is 2.22. The first-order valence-electron chi connectivity index (χ1n) is 7.70. The minimum atomic E-state index is -0.309. The predicted octanol–water partition coefficient (Wildman–Crippen LogP) is 4.51. The van der Waals surface area contributed by atoms with Crippen LogP contribution >= 0.6 is 12.4 Å². The van der Waals surface area contributed by atoms with Crippen LogP contribution in [0.4, 0.5) is 5.69 Å². The number of halogens is 1. The average molecular weight is 333 g/mol. The molecule has 2 aromatic carbocycles. The van der Waals surface area contributed by atoms with E-state index in [-0.39, 0.29) is 30.3 Å². The van der Waals surface area contributed by atoms with Gasteiger partial charge in [-0.1, -0.05) is 63.2 Å². The third-order valence-corrected chi connectivity index (χ3v) is 3.98. The maximum Gasteiger partial charge on any atom is 0.229 e. The molecule has 1 amide bonds. The Hall–Kier alpha value is -1.84. The van der Waals surface area contributed by atoms with E-state index >= 15 is 0 Å². The second-order valence-corrected chi connectivity index (χ2v) is 5.99. The molecule has 0 aromatic heterocycles. The fourth-order valence-corrected chi connectivity index (χ4v) is 2.33. The molecule has 2 atom stereocenters. The van der Waals surface area contributed by atoms with Crippen molar-refractivity contribution in [3.05, 3.63) is 65.7 Å². The zero-order valence-corrected chi connectivity index (χ0v) is 14.6. The SMILES string of the molecule is CC(C)c1ccc(NC(=O)C(C)C(N)c2ccccc2)cc1.Cl. The summed E-state index contributed by atoms with van der Waals surface area (Å²) in [7, 11) is 0. The number of nitrogens with one attached hydrogen (secondary N) is 1. The van der Waals surface area contributed by atoms with Crippen LogP contribution in [0.15, 0.2) is 54.6 Å². The summed E-state index contributed by atoms with van der Waals surface area (Å²) in [5, 5.41) is 2.94. The van der Waals surface area contributed by atoms with Crippen molar-refractivity contribution in [1.29, 1.82) is 0 Å². The standard InChI is InChI=1S/C19H24N2O.ClH/c1-13(2)15-9-11-17(12-10-15)21-19(22)14(3)18(20)16-7-5-4-6-8-16;/h4-14,18H,20H2,1-3H3,(H,21,22);1H. The summed E-state index contributed by atoms with van der Waals surface area (Å²) in [6, 6.07) is 17.4. The first-order valence-corrected chi connectivity index (χ1v) is 7.70. The first kappa shape index (κ1) is 19.2. The smallest absolute Gasteiger partial charge is 0.229 e. The molecule has 0 aliphatic heterocycles. The van der Waals surface area contributed by atoms with Crippen LogP contribution in [0, 0.1) is 5.92 Å². The lowest BCUT2D eigenvalue weighted by molar-refractivity contribution is -0.120. The number of anilines is 1. The fraction of sp³-hybridized carbons (Fsp3) is 0.316. The molecule has 2 aromatic rings. The van der Waals surface area contributed by atoms with Crippen molar-refractivity contribution in [2.75, 3.05) is 5.32 Å². The van der Waals surface area contributed by atoms with Crippen LogP contribution in [-0.2, 0) is 4.79 Å². The number of rotatable bonds is 5. The molecule has 0 radical (unpaired) electrons. The van der Waals surface area contributed by atoms with E-state index in [1.807, 2.05) is 61.5 Å². The number of hydrogen-bond donors (Lipinski definition) is 2. The van der Waals surface area contributed by atoms with Crippen molar-refractivity contribution < 1.29 is 4.79 Å². The molecular weight excluding hydrogens is 308 g/mol. The summed E-state index contributed by atoms with van der Waals surface area (Å²) in [5.41, 5.74) is 9.23. The summed E-state index contributed by atoms with van der Waals surface area (Å²) in [5.74, 6) is 0.121. The van der Waals surface area contributed by atoms with E-state index < -0.39 is 0 Å². The van der Waals surface area contributed by atoms with Gasteiger partial charge in [0.05, 0.1) is 5.92 Å². The molecule has 124 valence electrons. The normalized spacial score (nSPS) is 13.1. The van der Waals surface area contributed by atoms with Crippen LogP contribution in [0.2, 0.25) is 0 Å². The molecule has 0 saturated carbocycles. The molecule has 23 heavy (non-hydrogen) atoms. The molecule has 0 aliphatic carbocycles. The molecular formula is C19H25ClN2O. The minimum Gasteiger partial charge on any atom is -0.326 e. The van der Waals surface area contributed by atoms with Gasteiger partial charge in [0, 0.05) is 11.7 Å². The molecule has 2 unspecified atom stereocenters. The van der Waals surface area contributed by atoms with Crippen LogP contribution in [-0.4, -0.2) is 5.91 Å². The van der Waals surface area contributed by atoms with Gasteiger partial charge in [-0.15, -0.1) is 12.4 Å². The number of amides is 1. The summed E-state index contributed by atoms with van der Waals surface area (Å²) in [4.78, 5) is 12.4. The molecule has 4 heteroatoms. The largest absolute Gasteiger partial charge is 0.326 e. The van der Waals surface area contributed by atoms with Gasteiger partial charge in [0.2, 0.25) is 5.91 Å². The molecule has 0 spiro atoms. The second kappa shape index (κ2) is 8.70. The maximum atomic E-state index is 12.4. The third kappa shape index (κ3) is 5.08. The van der Waals surface area contributed by atoms with Crippen molar-refractivity contribution in [2.24, 2.45) is 11.7 Å². The number of nitrogens with two attached hydrogens (primary N) is 1. The molecule has 0 aliphatic rings. The Kier molecular flexibility index (Phi) is 7.27. The Morgan fingerprint density at radius 2 is 1.48 bits per heavy atom. The lowest BCUT2D eigenvalue weighted by Crippen LogP contribution is -2.30. The molecule has 0 saturated heterocycles. The molecule has 3 N–H and O–H groups in total. The van der Waals surface area contributed by atoms with E-state index in [1.165, 1.54) is 5.56 Å². The Bertz CT molecular complexity index is 611. The Morgan fingerprint density at radius 1 is 0.913 bits per heavy atom. The van der Waals surface area contributed by atoms with Gasteiger partial charge in [0.15, 0.2) is 0 Å². The summed E-state index contributed by atoms with van der Waals surface area (Å²) < 4.78 is 0. The molecule has 0 bridgehead atoms. The fourth-order valence-electron chi connectivity index (χ4n) is 2.33. The third-order valence-electron chi connectivity index (χ3n) is 3.98. The number of carbonyl (C=O) groups excluding carboxylic acids is 1. The maximum absolute atomic E-state index is 12.4. The van der Waals surface area contributed by atoms with Crippen LogP contribution in [0.1, 0.15) is 43.9 Å². The minimum absolute atomic E-state index is 0. The van der Waals surface area contributed by atoms with Crippen molar-refractivity contribution in [2.45, 2.75) is 32.7 Å². The van der Waals surface area contributed by atoms with Crippen LogP contribution in [0.25, 0.3) is 0 Å². The van der Waals surface area contributed by atoms with E-state index in [2.05, 4.69) is 19.2 Å². The lowest BCUT2D eigenvalue weighted by Gasteiger charge is -2.20. The Balaban J connectivity index is 0.00000264. The van der Waals surface area contributed by atoms with E-state index in [4.69, 9.17) is 5.73 Å². The van der Waals surface area contributed by atoms with Gasteiger partial charge in [0.1, 0.15) is 0 Å². The summed E-state index contributed by atoms with van der Waals surface area (Å²) in [6.07, 6.45) is 0. The van der Waals surface area contributed by atoms with E-state index in [1.54, 1.807) is 0 Å². The number of benzene rings is 2. The number of hydrogen-bond acceptors (Lipinski definition) is 2.